The van der Waals surface area contributed by atoms with Crippen molar-refractivity contribution in [2.24, 2.45) is 5.73 Å². The number of nitrogens with one attached hydrogen (secondary N) is 2. The minimum atomic E-state index is -0.973. The number of hydrogen-bond donors (Lipinski definition) is 3. The molecular formula is C24H26F2N6O2. The van der Waals surface area contributed by atoms with Crippen LogP contribution in [0.5, 0.6) is 5.75 Å². The van der Waals surface area contributed by atoms with Crippen LogP contribution >= 0.6 is 0 Å². The van der Waals surface area contributed by atoms with Crippen molar-refractivity contribution in [2.45, 2.75) is 25.9 Å². The molecule has 34 heavy (non-hydrogen) atoms. The first-order chi connectivity index (χ1) is 16.3. The van der Waals surface area contributed by atoms with Gasteiger partial charge in [-0.2, -0.15) is 4.98 Å². The molecule has 4 N–H and O–H groups in total. The Bertz CT molecular complexity index is 1240. The van der Waals surface area contributed by atoms with Gasteiger partial charge < -0.3 is 26.0 Å². The van der Waals surface area contributed by atoms with Crippen molar-refractivity contribution in [1.82, 2.24) is 14.9 Å². The molecule has 8 nitrogen and oxygen atoms in total. The molecule has 0 unspecified atom stereocenters. The molecule has 4 rings (SSSR count). The summed E-state index contributed by atoms with van der Waals surface area (Å²) in [6.07, 6.45) is 2.21. The fourth-order valence-corrected chi connectivity index (χ4v) is 3.98. The highest BCUT2D eigenvalue weighted by molar-refractivity contribution is 5.97. The highest BCUT2D eigenvalue weighted by Crippen LogP contribution is 2.33. The quantitative estimate of drug-likeness (QED) is 0.485. The van der Waals surface area contributed by atoms with Crippen molar-refractivity contribution < 1.29 is 18.3 Å². The molecule has 0 bridgehead atoms. The van der Waals surface area contributed by atoms with Crippen molar-refractivity contribution in [3.8, 4) is 5.75 Å². The predicted octanol–water partition coefficient (Wildman–Crippen LogP) is 3.77. The van der Waals surface area contributed by atoms with Crippen LogP contribution in [0.25, 0.3) is 0 Å². The molecule has 0 saturated carbocycles. The van der Waals surface area contributed by atoms with Gasteiger partial charge in [-0.3, -0.25) is 4.79 Å². The van der Waals surface area contributed by atoms with Gasteiger partial charge in [0.1, 0.15) is 11.6 Å². The van der Waals surface area contributed by atoms with Gasteiger partial charge >= 0.3 is 0 Å². The first-order valence-electron chi connectivity index (χ1n) is 10.8. The van der Waals surface area contributed by atoms with Crippen LogP contribution < -0.4 is 21.1 Å². The first-order valence-corrected chi connectivity index (χ1v) is 10.8. The van der Waals surface area contributed by atoms with E-state index < -0.39 is 23.6 Å². The number of benzene rings is 2. The van der Waals surface area contributed by atoms with Crippen molar-refractivity contribution in [1.29, 1.82) is 0 Å². The third-order valence-electron chi connectivity index (χ3n) is 5.83. The second-order valence-electron chi connectivity index (χ2n) is 8.26. The number of carbonyl (C=O) groups is 1. The molecule has 1 aromatic heterocycles. The largest absolute Gasteiger partial charge is 0.495 e. The number of carbonyl (C=O) groups excluding carboxylic acids is 1. The summed E-state index contributed by atoms with van der Waals surface area (Å²) in [6, 6.07) is 7.19. The molecule has 1 aliphatic rings. The maximum Gasteiger partial charge on any atom is 0.254 e. The summed E-state index contributed by atoms with van der Waals surface area (Å²) in [5.41, 5.74) is 8.64. The summed E-state index contributed by atoms with van der Waals surface area (Å²) in [6.45, 7) is 3.40. The Kier molecular flexibility index (Phi) is 6.60. The Balaban J connectivity index is 1.66. The van der Waals surface area contributed by atoms with E-state index in [0.29, 0.717) is 11.4 Å². The number of amides is 1. The standard InChI is InChI=1S/C24H26F2N6O2/c1-13(16-5-4-6-18(25)21(16)26)29-23-17(22(27)33)11-28-24(31-23)30-19-9-15-12-32(2)8-7-14(15)10-20(19)34-3/h4-6,9-11,13H,7-8,12H2,1-3H3,(H2,27,33)(H2,28,29,30,31)/t13-/m0/s1. The van der Waals surface area contributed by atoms with E-state index in [1.807, 2.05) is 12.1 Å². The van der Waals surface area contributed by atoms with E-state index in [1.165, 1.54) is 29.5 Å². The second-order valence-corrected chi connectivity index (χ2v) is 8.26. The fraction of sp³-hybridized carbons (Fsp3) is 0.292. The van der Waals surface area contributed by atoms with Gasteiger partial charge in [-0.1, -0.05) is 12.1 Å². The van der Waals surface area contributed by atoms with Gasteiger partial charge in [0.05, 0.1) is 24.4 Å². The maximum atomic E-state index is 14.3. The summed E-state index contributed by atoms with van der Waals surface area (Å²) in [4.78, 5) is 22.8. The van der Waals surface area contributed by atoms with Crippen LogP contribution in [0.15, 0.2) is 36.5 Å². The van der Waals surface area contributed by atoms with E-state index in [-0.39, 0.29) is 22.9 Å². The third kappa shape index (κ3) is 4.76. The Morgan fingerprint density at radius 1 is 1.26 bits per heavy atom. The number of aromatic nitrogens is 2. The number of hydrogen-bond acceptors (Lipinski definition) is 7. The highest BCUT2D eigenvalue weighted by Gasteiger charge is 2.20. The summed E-state index contributed by atoms with van der Waals surface area (Å²) in [5.74, 6) is -1.78. The molecule has 1 amide bonds. The van der Waals surface area contributed by atoms with E-state index in [9.17, 15) is 13.6 Å². The smallest absolute Gasteiger partial charge is 0.254 e. The Morgan fingerprint density at radius 3 is 2.79 bits per heavy atom. The van der Waals surface area contributed by atoms with Crippen molar-refractivity contribution in [3.05, 3.63) is 70.4 Å². The molecule has 0 fully saturated rings. The molecule has 0 spiro atoms. The summed E-state index contributed by atoms with van der Waals surface area (Å²) >= 11 is 0. The fourth-order valence-electron chi connectivity index (χ4n) is 3.98. The summed E-state index contributed by atoms with van der Waals surface area (Å²) < 4.78 is 33.5. The molecule has 0 saturated heterocycles. The lowest BCUT2D eigenvalue weighted by Crippen LogP contribution is -2.26. The number of halogens is 2. The molecule has 0 radical (unpaired) electrons. The number of ether oxygens (including phenoxy) is 1. The topological polar surface area (TPSA) is 105 Å². The normalized spacial score (nSPS) is 14.3. The van der Waals surface area contributed by atoms with Gasteiger partial charge in [-0.15, -0.1) is 0 Å². The van der Waals surface area contributed by atoms with Gasteiger partial charge in [0.2, 0.25) is 5.95 Å². The molecule has 0 aliphatic carbocycles. The van der Waals surface area contributed by atoms with Gasteiger partial charge in [-0.25, -0.2) is 13.8 Å². The minimum Gasteiger partial charge on any atom is -0.495 e. The van der Waals surface area contributed by atoms with Crippen LogP contribution in [0.1, 0.15) is 40.0 Å². The molecule has 2 heterocycles. The van der Waals surface area contributed by atoms with E-state index in [1.54, 1.807) is 14.0 Å². The Hall–Kier alpha value is -3.79. The number of nitrogens with zero attached hydrogens (tertiary/aromatic N) is 3. The van der Waals surface area contributed by atoms with Crippen LogP contribution in [-0.2, 0) is 13.0 Å². The third-order valence-corrected chi connectivity index (χ3v) is 5.83. The van der Waals surface area contributed by atoms with E-state index in [4.69, 9.17) is 10.5 Å². The monoisotopic (exact) mass is 468 g/mol. The molecular weight excluding hydrogens is 442 g/mol. The van der Waals surface area contributed by atoms with E-state index in [0.717, 1.165) is 25.6 Å². The summed E-state index contributed by atoms with van der Waals surface area (Å²) in [7, 11) is 3.65. The molecule has 3 aromatic rings. The lowest BCUT2D eigenvalue weighted by molar-refractivity contribution is 0.100. The number of methoxy groups -OCH3 is 1. The first kappa shape index (κ1) is 23.4. The van der Waals surface area contributed by atoms with Crippen molar-refractivity contribution in [3.63, 3.8) is 0 Å². The Morgan fingerprint density at radius 2 is 2.06 bits per heavy atom. The van der Waals surface area contributed by atoms with Crippen LogP contribution in [0.4, 0.5) is 26.2 Å². The van der Waals surface area contributed by atoms with Crippen LogP contribution in [0.3, 0.4) is 0 Å². The van der Waals surface area contributed by atoms with Gasteiger partial charge in [0.25, 0.3) is 5.91 Å². The lowest BCUT2D eigenvalue weighted by atomic mass is 9.99. The number of fused-ring (bicyclic) bond motifs is 1. The van der Waals surface area contributed by atoms with E-state index in [2.05, 4.69) is 32.5 Å². The average Bonchev–Trinajstić information content (AvgIpc) is 2.80. The van der Waals surface area contributed by atoms with Crippen molar-refractivity contribution in [2.75, 3.05) is 31.3 Å². The lowest BCUT2D eigenvalue weighted by Gasteiger charge is -2.26. The zero-order valence-electron chi connectivity index (χ0n) is 19.2. The average molecular weight is 469 g/mol. The van der Waals surface area contributed by atoms with Gasteiger partial charge in [-0.05, 0) is 49.7 Å². The number of anilines is 3. The molecule has 178 valence electrons. The minimum absolute atomic E-state index is 0.0215. The summed E-state index contributed by atoms with van der Waals surface area (Å²) in [5, 5.41) is 6.09. The zero-order chi connectivity index (χ0) is 24.4. The zero-order valence-corrected chi connectivity index (χ0v) is 19.2. The van der Waals surface area contributed by atoms with Crippen molar-refractivity contribution >= 4 is 23.4 Å². The highest BCUT2D eigenvalue weighted by atomic mass is 19.2. The molecule has 1 aliphatic heterocycles. The van der Waals surface area contributed by atoms with Crippen LogP contribution in [0.2, 0.25) is 0 Å². The van der Waals surface area contributed by atoms with Crippen LogP contribution in [0, 0.1) is 11.6 Å². The van der Waals surface area contributed by atoms with Gasteiger partial charge in [0, 0.05) is 24.8 Å². The number of primary amides is 1. The number of rotatable bonds is 7. The molecule has 1 atom stereocenters. The van der Waals surface area contributed by atoms with E-state index >= 15 is 0 Å². The molecule has 2 aromatic carbocycles. The molecule has 10 heteroatoms. The van der Waals surface area contributed by atoms with Gasteiger partial charge in [0.15, 0.2) is 11.6 Å². The number of nitrogens with two attached hydrogens (primary N) is 1. The Labute approximate surface area is 196 Å². The number of likely N-dealkylation sites (N-methyl/N-ethyl adjacent to an activating group) is 1. The predicted molar refractivity (Wildman–Crippen MR) is 125 cm³/mol. The SMILES string of the molecule is COc1cc2c(cc1Nc1ncc(C(N)=O)c(N[C@@H](C)c3cccc(F)c3F)n1)CN(C)CC2. The maximum absolute atomic E-state index is 14.3. The van der Waals surface area contributed by atoms with Crippen LogP contribution in [-0.4, -0.2) is 41.5 Å². The second kappa shape index (κ2) is 9.60.